The molecule has 0 aromatic carbocycles. The molecule has 0 fully saturated rings. The minimum atomic E-state index is -0.497. The van der Waals surface area contributed by atoms with E-state index in [-0.39, 0.29) is 0 Å². The Balaban J connectivity index is 2.58. The summed E-state index contributed by atoms with van der Waals surface area (Å²) in [5.74, 6) is 0. The van der Waals surface area contributed by atoms with Crippen molar-refractivity contribution in [2.45, 2.75) is 26.4 Å². The Morgan fingerprint density at radius 1 is 1.28 bits per heavy atom. The van der Waals surface area contributed by atoms with Crippen LogP contribution in [-0.4, -0.2) is 48.7 Å². The van der Waals surface area contributed by atoms with Gasteiger partial charge in [0.2, 0.25) is 0 Å². The smallest absolute Gasteiger partial charge is 0.0931 e. The molecule has 0 radical (unpaired) electrons. The summed E-state index contributed by atoms with van der Waals surface area (Å²) in [5, 5.41) is 9.43. The molecule has 1 aromatic heterocycles. The summed E-state index contributed by atoms with van der Waals surface area (Å²) < 4.78 is 0. The van der Waals surface area contributed by atoms with Crippen LogP contribution in [0.3, 0.4) is 0 Å². The van der Waals surface area contributed by atoms with E-state index in [1.165, 1.54) is 0 Å². The Bertz CT molecular complexity index is 335. The molecule has 1 heterocycles. The molecule has 0 bridgehead atoms. The fourth-order valence-electron chi connectivity index (χ4n) is 1.88. The van der Waals surface area contributed by atoms with Crippen LogP contribution in [0.15, 0.2) is 18.3 Å². The van der Waals surface area contributed by atoms with Crippen LogP contribution in [0.1, 0.15) is 32.1 Å². The van der Waals surface area contributed by atoms with E-state index < -0.39 is 6.10 Å². The molecule has 1 N–H and O–H groups in total. The molecule has 1 rings (SSSR count). The first-order chi connectivity index (χ1) is 8.54. The quantitative estimate of drug-likeness (QED) is 0.803. The second-order valence-corrected chi connectivity index (χ2v) is 4.85. The fourth-order valence-corrected chi connectivity index (χ4v) is 1.88. The van der Waals surface area contributed by atoms with Crippen molar-refractivity contribution in [3.05, 3.63) is 24.0 Å². The molecule has 0 aliphatic heterocycles. The van der Waals surface area contributed by atoms with Crippen LogP contribution in [-0.2, 0) is 0 Å². The molecule has 0 amide bonds. The number of aliphatic hydroxyl groups excluding tert-OH is 1. The first-order valence-electron chi connectivity index (χ1n) is 6.58. The first-order valence-corrected chi connectivity index (χ1v) is 6.58. The minimum absolute atomic E-state index is 0.497. The Morgan fingerprint density at radius 3 is 2.44 bits per heavy atom. The number of anilines is 1. The van der Waals surface area contributed by atoms with Gasteiger partial charge in [0.05, 0.1) is 23.7 Å². The topological polar surface area (TPSA) is 39.6 Å². The zero-order valence-electron chi connectivity index (χ0n) is 11.9. The second kappa shape index (κ2) is 7.34. The number of pyridine rings is 1. The fraction of sp³-hybridized carbons (Fsp3) is 0.643. The van der Waals surface area contributed by atoms with Gasteiger partial charge in [-0.3, -0.25) is 4.98 Å². The Morgan fingerprint density at radius 2 is 2.00 bits per heavy atom. The van der Waals surface area contributed by atoms with Gasteiger partial charge in [-0.05, 0) is 53.0 Å². The predicted octanol–water partition coefficient (Wildman–Crippen LogP) is 1.91. The maximum Gasteiger partial charge on any atom is 0.0931 e. The first kappa shape index (κ1) is 14.9. The molecule has 102 valence electrons. The lowest BCUT2D eigenvalue weighted by atomic mass is 10.2. The molecule has 18 heavy (non-hydrogen) atoms. The van der Waals surface area contributed by atoms with Gasteiger partial charge in [0.1, 0.15) is 0 Å². The Kier molecular flexibility index (Phi) is 6.09. The highest BCUT2D eigenvalue weighted by molar-refractivity contribution is 5.44. The van der Waals surface area contributed by atoms with Crippen molar-refractivity contribution in [2.75, 3.05) is 38.6 Å². The van der Waals surface area contributed by atoms with Gasteiger partial charge in [-0.15, -0.1) is 0 Å². The zero-order chi connectivity index (χ0) is 13.5. The molecular weight excluding hydrogens is 226 g/mol. The lowest BCUT2D eigenvalue weighted by Gasteiger charge is -2.23. The van der Waals surface area contributed by atoms with Crippen LogP contribution in [0, 0.1) is 0 Å². The van der Waals surface area contributed by atoms with E-state index >= 15 is 0 Å². The van der Waals surface area contributed by atoms with Crippen molar-refractivity contribution in [2.24, 2.45) is 0 Å². The summed E-state index contributed by atoms with van der Waals surface area (Å²) in [4.78, 5) is 8.79. The SMILES string of the molecule is CCN(CCCN(C)C)c1ccc([C@H](C)O)nc1. The molecular formula is C14H25N3O. The van der Waals surface area contributed by atoms with Gasteiger partial charge < -0.3 is 14.9 Å². The molecule has 0 saturated heterocycles. The molecule has 0 aliphatic rings. The highest BCUT2D eigenvalue weighted by Crippen LogP contribution is 2.16. The number of hydrogen-bond acceptors (Lipinski definition) is 4. The van der Waals surface area contributed by atoms with Gasteiger partial charge in [0.25, 0.3) is 0 Å². The third kappa shape index (κ3) is 4.63. The summed E-state index contributed by atoms with van der Waals surface area (Å²) >= 11 is 0. The minimum Gasteiger partial charge on any atom is -0.387 e. The van der Waals surface area contributed by atoms with Crippen molar-refractivity contribution in [3.63, 3.8) is 0 Å². The number of aromatic nitrogens is 1. The standard InChI is InChI=1S/C14H25N3O/c1-5-17(10-6-9-16(3)4)13-7-8-14(12(2)18)15-11-13/h7-8,11-12,18H,5-6,9-10H2,1-4H3/t12-/m0/s1. The second-order valence-electron chi connectivity index (χ2n) is 4.85. The van der Waals surface area contributed by atoms with Crippen LogP contribution in [0.2, 0.25) is 0 Å². The summed E-state index contributed by atoms with van der Waals surface area (Å²) in [7, 11) is 4.19. The normalized spacial score (nSPS) is 12.8. The molecule has 0 saturated carbocycles. The zero-order valence-corrected chi connectivity index (χ0v) is 11.9. The number of nitrogens with zero attached hydrogens (tertiary/aromatic N) is 3. The van der Waals surface area contributed by atoms with Gasteiger partial charge in [-0.25, -0.2) is 0 Å². The largest absolute Gasteiger partial charge is 0.387 e. The van der Waals surface area contributed by atoms with E-state index in [2.05, 4.69) is 35.8 Å². The van der Waals surface area contributed by atoms with Crippen molar-refractivity contribution in [1.82, 2.24) is 9.88 Å². The molecule has 0 unspecified atom stereocenters. The third-order valence-corrected chi connectivity index (χ3v) is 2.98. The number of hydrogen-bond donors (Lipinski definition) is 1. The molecule has 0 aliphatic carbocycles. The van der Waals surface area contributed by atoms with Crippen LogP contribution in [0.25, 0.3) is 0 Å². The third-order valence-electron chi connectivity index (χ3n) is 2.98. The number of rotatable bonds is 7. The lowest BCUT2D eigenvalue weighted by Crippen LogP contribution is -2.27. The molecule has 1 atom stereocenters. The average Bonchev–Trinajstić information content (AvgIpc) is 2.34. The van der Waals surface area contributed by atoms with E-state index in [0.717, 1.165) is 37.4 Å². The van der Waals surface area contributed by atoms with Crippen LogP contribution < -0.4 is 4.90 Å². The van der Waals surface area contributed by atoms with Crippen molar-refractivity contribution in [1.29, 1.82) is 0 Å². The van der Waals surface area contributed by atoms with Crippen LogP contribution in [0.4, 0.5) is 5.69 Å². The van der Waals surface area contributed by atoms with E-state index in [4.69, 9.17) is 0 Å². The van der Waals surface area contributed by atoms with Crippen molar-refractivity contribution >= 4 is 5.69 Å². The summed E-state index contributed by atoms with van der Waals surface area (Å²) in [6, 6.07) is 3.93. The predicted molar refractivity (Wildman–Crippen MR) is 75.9 cm³/mol. The van der Waals surface area contributed by atoms with E-state index in [1.807, 2.05) is 18.3 Å². The van der Waals surface area contributed by atoms with Gasteiger partial charge >= 0.3 is 0 Å². The van der Waals surface area contributed by atoms with Gasteiger partial charge in [-0.1, -0.05) is 0 Å². The summed E-state index contributed by atoms with van der Waals surface area (Å²) in [6.07, 6.45) is 2.49. The Labute approximate surface area is 110 Å². The highest BCUT2D eigenvalue weighted by Gasteiger charge is 2.07. The molecule has 4 nitrogen and oxygen atoms in total. The van der Waals surface area contributed by atoms with E-state index in [0.29, 0.717) is 0 Å². The summed E-state index contributed by atoms with van der Waals surface area (Å²) in [5.41, 5.74) is 1.85. The number of aliphatic hydroxyl groups is 1. The van der Waals surface area contributed by atoms with Gasteiger partial charge in [0, 0.05) is 13.1 Å². The van der Waals surface area contributed by atoms with Gasteiger partial charge in [0.15, 0.2) is 0 Å². The van der Waals surface area contributed by atoms with Gasteiger partial charge in [-0.2, -0.15) is 0 Å². The monoisotopic (exact) mass is 251 g/mol. The van der Waals surface area contributed by atoms with Crippen molar-refractivity contribution in [3.8, 4) is 0 Å². The molecule has 4 heteroatoms. The highest BCUT2D eigenvalue weighted by atomic mass is 16.3. The summed E-state index contributed by atoms with van der Waals surface area (Å²) in [6.45, 7) is 6.98. The lowest BCUT2D eigenvalue weighted by molar-refractivity contribution is 0.194. The maximum absolute atomic E-state index is 9.43. The molecule has 0 spiro atoms. The maximum atomic E-state index is 9.43. The van der Waals surface area contributed by atoms with Crippen molar-refractivity contribution < 1.29 is 5.11 Å². The van der Waals surface area contributed by atoms with E-state index in [1.54, 1.807) is 6.92 Å². The van der Waals surface area contributed by atoms with Crippen LogP contribution >= 0.6 is 0 Å². The average molecular weight is 251 g/mol. The molecule has 1 aromatic rings. The Hall–Kier alpha value is -1.13. The van der Waals surface area contributed by atoms with Crippen LogP contribution in [0.5, 0.6) is 0 Å². The van der Waals surface area contributed by atoms with E-state index in [9.17, 15) is 5.11 Å².